The van der Waals surface area contributed by atoms with E-state index >= 15 is 0 Å². The van der Waals surface area contributed by atoms with E-state index in [-0.39, 0.29) is 0 Å². The standard InChI is InChI=1S/C20H21FN2S/c21-15-13-23(14-15)12-10-20-18(9-8-16-5-3-4-11-22-16)17-6-1-2-7-19(17)24-20/h1-7,11,15H,8-10,12-14H2. The second-order valence-electron chi connectivity index (χ2n) is 6.43. The Kier molecular flexibility index (Phi) is 4.58. The van der Waals surface area contributed by atoms with Crippen LogP contribution in [0.3, 0.4) is 0 Å². The van der Waals surface area contributed by atoms with E-state index < -0.39 is 6.17 Å². The van der Waals surface area contributed by atoms with Gasteiger partial charge in [0.15, 0.2) is 0 Å². The first-order valence-corrected chi connectivity index (χ1v) is 9.37. The maximum Gasteiger partial charge on any atom is 0.125 e. The molecule has 0 atom stereocenters. The second kappa shape index (κ2) is 6.99. The predicted molar refractivity (Wildman–Crippen MR) is 98.5 cm³/mol. The van der Waals surface area contributed by atoms with Gasteiger partial charge < -0.3 is 0 Å². The van der Waals surface area contributed by atoms with E-state index in [1.54, 1.807) is 0 Å². The Balaban J connectivity index is 1.53. The fourth-order valence-corrected chi connectivity index (χ4v) is 4.62. The Bertz CT molecular complexity index is 809. The summed E-state index contributed by atoms with van der Waals surface area (Å²) in [6.45, 7) is 2.17. The van der Waals surface area contributed by atoms with Crippen molar-refractivity contribution < 1.29 is 4.39 Å². The summed E-state index contributed by atoms with van der Waals surface area (Å²) < 4.78 is 14.4. The van der Waals surface area contributed by atoms with Gasteiger partial charge in [-0.05, 0) is 48.4 Å². The van der Waals surface area contributed by atoms with E-state index in [4.69, 9.17) is 0 Å². The minimum atomic E-state index is -0.615. The fraction of sp³-hybridized carbons (Fsp3) is 0.350. The average molecular weight is 340 g/mol. The molecule has 1 saturated heterocycles. The molecule has 0 aliphatic carbocycles. The third-order valence-electron chi connectivity index (χ3n) is 4.71. The van der Waals surface area contributed by atoms with Crippen molar-refractivity contribution in [2.75, 3.05) is 19.6 Å². The monoisotopic (exact) mass is 340 g/mol. The number of pyridine rings is 1. The first-order chi connectivity index (χ1) is 11.8. The molecule has 24 heavy (non-hydrogen) atoms. The molecule has 1 aliphatic heterocycles. The summed E-state index contributed by atoms with van der Waals surface area (Å²) in [5.41, 5.74) is 2.60. The average Bonchev–Trinajstić information content (AvgIpc) is 2.94. The topological polar surface area (TPSA) is 16.1 Å². The van der Waals surface area contributed by atoms with Gasteiger partial charge in [-0.25, -0.2) is 4.39 Å². The molecule has 2 aromatic heterocycles. The largest absolute Gasteiger partial charge is 0.297 e. The number of aryl methyl sites for hydroxylation is 2. The van der Waals surface area contributed by atoms with E-state index in [0.29, 0.717) is 13.1 Å². The van der Waals surface area contributed by atoms with Crippen molar-refractivity contribution in [1.29, 1.82) is 0 Å². The lowest BCUT2D eigenvalue weighted by molar-refractivity contribution is 0.0672. The number of halogens is 1. The zero-order valence-corrected chi connectivity index (χ0v) is 14.4. The van der Waals surface area contributed by atoms with Crippen LogP contribution >= 0.6 is 11.3 Å². The lowest BCUT2D eigenvalue weighted by Gasteiger charge is -2.34. The summed E-state index contributed by atoms with van der Waals surface area (Å²) in [6, 6.07) is 14.8. The van der Waals surface area contributed by atoms with Crippen LogP contribution in [0.25, 0.3) is 10.1 Å². The molecule has 1 aromatic carbocycles. The lowest BCUT2D eigenvalue weighted by Crippen LogP contribution is -2.48. The summed E-state index contributed by atoms with van der Waals surface area (Å²) >= 11 is 1.90. The maximum atomic E-state index is 13.0. The number of hydrogen-bond acceptors (Lipinski definition) is 3. The number of likely N-dealkylation sites (tertiary alicyclic amines) is 1. The summed E-state index contributed by atoms with van der Waals surface area (Å²) in [5.74, 6) is 0. The molecule has 4 heteroatoms. The molecule has 124 valence electrons. The third kappa shape index (κ3) is 3.35. The van der Waals surface area contributed by atoms with Crippen LogP contribution in [0.4, 0.5) is 4.39 Å². The number of thiophene rings is 1. The highest BCUT2D eigenvalue weighted by Gasteiger charge is 2.25. The molecule has 4 rings (SSSR count). The molecular weight excluding hydrogens is 319 g/mol. The fourth-order valence-electron chi connectivity index (χ4n) is 3.37. The summed E-state index contributed by atoms with van der Waals surface area (Å²) in [6.07, 6.45) is 4.24. The lowest BCUT2D eigenvalue weighted by atomic mass is 10.0. The second-order valence-corrected chi connectivity index (χ2v) is 7.56. The van der Waals surface area contributed by atoms with Gasteiger partial charge in [0.05, 0.1) is 0 Å². The minimum Gasteiger partial charge on any atom is -0.297 e. The van der Waals surface area contributed by atoms with Crippen molar-refractivity contribution in [1.82, 2.24) is 9.88 Å². The maximum absolute atomic E-state index is 13.0. The molecule has 0 radical (unpaired) electrons. The Morgan fingerprint density at radius 2 is 1.88 bits per heavy atom. The van der Waals surface area contributed by atoms with E-state index in [2.05, 4.69) is 40.2 Å². The highest BCUT2D eigenvalue weighted by atomic mass is 32.1. The van der Waals surface area contributed by atoms with Gasteiger partial charge in [0.2, 0.25) is 0 Å². The van der Waals surface area contributed by atoms with Crippen molar-refractivity contribution in [2.45, 2.75) is 25.4 Å². The summed E-state index contributed by atoms with van der Waals surface area (Å²) in [4.78, 5) is 8.11. The van der Waals surface area contributed by atoms with E-state index in [0.717, 1.165) is 31.5 Å². The van der Waals surface area contributed by atoms with Crippen LogP contribution in [0.2, 0.25) is 0 Å². The Morgan fingerprint density at radius 1 is 1.04 bits per heavy atom. The molecule has 1 fully saturated rings. The first-order valence-electron chi connectivity index (χ1n) is 8.55. The third-order valence-corrected chi connectivity index (χ3v) is 5.98. The van der Waals surface area contributed by atoms with Crippen LogP contribution in [-0.2, 0) is 19.3 Å². The van der Waals surface area contributed by atoms with Gasteiger partial charge in [-0.15, -0.1) is 11.3 Å². The van der Waals surface area contributed by atoms with E-state index in [1.807, 2.05) is 29.7 Å². The summed E-state index contributed by atoms with van der Waals surface area (Å²) in [5, 5.41) is 1.38. The molecule has 0 N–H and O–H groups in total. The zero-order chi connectivity index (χ0) is 16.4. The molecule has 3 aromatic rings. The van der Waals surface area contributed by atoms with Gasteiger partial charge >= 0.3 is 0 Å². The Hall–Kier alpha value is -1.78. The van der Waals surface area contributed by atoms with Crippen LogP contribution in [0, 0.1) is 0 Å². The molecule has 1 aliphatic rings. The smallest absolute Gasteiger partial charge is 0.125 e. The molecule has 3 heterocycles. The molecule has 0 unspecified atom stereocenters. The van der Waals surface area contributed by atoms with Crippen molar-refractivity contribution >= 4 is 21.4 Å². The van der Waals surface area contributed by atoms with Crippen molar-refractivity contribution in [3.05, 3.63) is 64.8 Å². The molecule has 0 bridgehead atoms. The number of aromatic nitrogens is 1. The molecular formula is C20H21FN2S. The Labute approximate surface area is 146 Å². The molecule has 2 nitrogen and oxygen atoms in total. The quantitative estimate of drug-likeness (QED) is 0.666. The van der Waals surface area contributed by atoms with Gasteiger partial charge in [-0.3, -0.25) is 9.88 Å². The van der Waals surface area contributed by atoms with Gasteiger partial charge in [-0.2, -0.15) is 0 Å². The van der Waals surface area contributed by atoms with E-state index in [9.17, 15) is 4.39 Å². The van der Waals surface area contributed by atoms with Crippen LogP contribution in [-0.4, -0.2) is 35.7 Å². The zero-order valence-electron chi connectivity index (χ0n) is 13.6. The number of hydrogen-bond donors (Lipinski definition) is 0. The van der Waals surface area contributed by atoms with Crippen molar-refractivity contribution in [2.24, 2.45) is 0 Å². The molecule has 0 spiro atoms. The Morgan fingerprint density at radius 3 is 2.67 bits per heavy atom. The SMILES string of the molecule is FC1CN(CCc2sc3ccccc3c2CCc2ccccn2)C1. The number of fused-ring (bicyclic) bond motifs is 1. The normalized spacial score (nSPS) is 15.7. The van der Waals surface area contributed by atoms with Gasteiger partial charge in [0.1, 0.15) is 6.17 Å². The van der Waals surface area contributed by atoms with E-state index in [1.165, 1.54) is 20.5 Å². The molecule has 0 amide bonds. The highest BCUT2D eigenvalue weighted by molar-refractivity contribution is 7.19. The first kappa shape index (κ1) is 15.7. The molecule has 0 saturated carbocycles. The summed E-state index contributed by atoms with van der Waals surface area (Å²) in [7, 11) is 0. The van der Waals surface area contributed by atoms with Crippen LogP contribution in [0.1, 0.15) is 16.1 Å². The van der Waals surface area contributed by atoms with Crippen LogP contribution in [0.5, 0.6) is 0 Å². The van der Waals surface area contributed by atoms with Crippen molar-refractivity contribution in [3.63, 3.8) is 0 Å². The number of benzene rings is 1. The van der Waals surface area contributed by atoms with Crippen molar-refractivity contribution in [3.8, 4) is 0 Å². The number of alkyl halides is 1. The van der Waals surface area contributed by atoms with Gasteiger partial charge in [0, 0.05) is 41.1 Å². The van der Waals surface area contributed by atoms with Gasteiger partial charge in [-0.1, -0.05) is 24.3 Å². The van der Waals surface area contributed by atoms with Crippen LogP contribution in [0.15, 0.2) is 48.7 Å². The number of nitrogens with zero attached hydrogens (tertiary/aromatic N) is 2. The highest BCUT2D eigenvalue weighted by Crippen LogP contribution is 2.33. The van der Waals surface area contributed by atoms with Gasteiger partial charge in [0.25, 0.3) is 0 Å². The number of rotatable bonds is 6. The predicted octanol–water partition coefficient (Wildman–Crippen LogP) is 4.28. The minimum absolute atomic E-state index is 0.605. The van der Waals surface area contributed by atoms with Crippen LogP contribution < -0.4 is 0 Å².